The average molecular weight is 418 g/mol. The standard InChI is InChI=1S/C19H20ClN5O2S/c1-11(17(21)26)28-19-22-15-10-14(20)16(23-18(15)24-19)12-2-4-13(5-3-12)25-6-8-27-9-7-25/h2-5,10-11H,6-9H2,1H3,(H2,21,26)(H,22,23,24). The number of aromatic amines is 1. The number of aromatic nitrogens is 3. The maximum atomic E-state index is 11.3. The lowest BCUT2D eigenvalue weighted by Gasteiger charge is -2.28. The maximum absolute atomic E-state index is 11.3. The van der Waals surface area contributed by atoms with Crippen LogP contribution >= 0.6 is 23.4 Å². The fourth-order valence-corrected chi connectivity index (χ4v) is 4.05. The Morgan fingerprint density at radius 2 is 2.00 bits per heavy atom. The quantitative estimate of drug-likeness (QED) is 0.619. The topological polar surface area (TPSA) is 97.1 Å². The molecule has 1 aliphatic rings. The summed E-state index contributed by atoms with van der Waals surface area (Å²) < 4.78 is 5.40. The molecule has 7 nitrogen and oxygen atoms in total. The smallest absolute Gasteiger partial charge is 0.230 e. The monoisotopic (exact) mass is 417 g/mol. The molecule has 1 fully saturated rings. The van der Waals surface area contributed by atoms with Gasteiger partial charge in [0.05, 0.1) is 34.7 Å². The van der Waals surface area contributed by atoms with Crippen molar-refractivity contribution in [2.45, 2.75) is 17.3 Å². The molecule has 1 saturated heterocycles. The van der Waals surface area contributed by atoms with E-state index in [0.29, 0.717) is 21.5 Å². The first-order valence-corrected chi connectivity index (χ1v) is 10.2. The number of nitrogens with two attached hydrogens (primary N) is 1. The Hall–Kier alpha value is -2.29. The van der Waals surface area contributed by atoms with Gasteiger partial charge in [0.25, 0.3) is 0 Å². The van der Waals surface area contributed by atoms with Crippen molar-refractivity contribution in [1.82, 2.24) is 15.0 Å². The summed E-state index contributed by atoms with van der Waals surface area (Å²) in [6.07, 6.45) is 0. The highest BCUT2D eigenvalue weighted by atomic mass is 35.5. The van der Waals surface area contributed by atoms with Crippen LogP contribution in [0.25, 0.3) is 22.4 Å². The summed E-state index contributed by atoms with van der Waals surface area (Å²) >= 11 is 7.74. The average Bonchev–Trinajstić information content (AvgIpc) is 3.09. The SMILES string of the molecule is CC(Sc1nc2nc(-c3ccc(N4CCOCC4)cc3)c(Cl)cc2[nH]1)C(N)=O. The van der Waals surface area contributed by atoms with Crippen LogP contribution in [0.5, 0.6) is 0 Å². The summed E-state index contributed by atoms with van der Waals surface area (Å²) in [6.45, 7) is 5.02. The van der Waals surface area contributed by atoms with Gasteiger partial charge in [0.15, 0.2) is 10.8 Å². The third-order valence-corrected chi connectivity index (χ3v) is 5.90. The van der Waals surface area contributed by atoms with Crippen LogP contribution in [0.4, 0.5) is 5.69 Å². The highest BCUT2D eigenvalue weighted by Gasteiger charge is 2.16. The van der Waals surface area contributed by atoms with Crippen LogP contribution in [0.2, 0.25) is 5.02 Å². The van der Waals surface area contributed by atoms with Crippen LogP contribution in [-0.4, -0.2) is 52.4 Å². The lowest BCUT2D eigenvalue weighted by atomic mass is 10.1. The first kappa shape index (κ1) is 19.0. The van der Waals surface area contributed by atoms with Gasteiger partial charge in [-0.15, -0.1) is 0 Å². The van der Waals surface area contributed by atoms with Gasteiger partial charge in [-0.25, -0.2) is 9.97 Å². The van der Waals surface area contributed by atoms with Gasteiger partial charge >= 0.3 is 0 Å². The van der Waals surface area contributed by atoms with Crippen molar-refractivity contribution in [2.24, 2.45) is 5.73 Å². The zero-order valence-electron chi connectivity index (χ0n) is 15.3. The van der Waals surface area contributed by atoms with Crippen molar-refractivity contribution in [3.05, 3.63) is 35.4 Å². The van der Waals surface area contributed by atoms with E-state index in [1.807, 2.05) is 12.1 Å². The third-order valence-electron chi connectivity index (χ3n) is 4.61. The summed E-state index contributed by atoms with van der Waals surface area (Å²) in [7, 11) is 0. The van der Waals surface area contributed by atoms with E-state index >= 15 is 0 Å². The van der Waals surface area contributed by atoms with Crippen molar-refractivity contribution in [1.29, 1.82) is 0 Å². The van der Waals surface area contributed by atoms with Crippen LogP contribution in [-0.2, 0) is 9.53 Å². The number of hydrogen-bond acceptors (Lipinski definition) is 6. The normalized spacial score (nSPS) is 15.7. The van der Waals surface area contributed by atoms with E-state index in [9.17, 15) is 4.79 Å². The van der Waals surface area contributed by atoms with Crippen molar-refractivity contribution < 1.29 is 9.53 Å². The number of morpholine rings is 1. The second-order valence-electron chi connectivity index (χ2n) is 6.54. The number of fused-ring (bicyclic) bond motifs is 1. The minimum atomic E-state index is -0.391. The number of H-pyrrole nitrogens is 1. The number of pyridine rings is 1. The van der Waals surface area contributed by atoms with Gasteiger partial charge in [-0.05, 0) is 25.1 Å². The van der Waals surface area contributed by atoms with Crippen LogP contribution in [0.15, 0.2) is 35.5 Å². The first-order valence-electron chi connectivity index (χ1n) is 8.96. The highest BCUT2D eigenvalue weighted by molar-refractivity contribution is 8.00. The van der Waals surface area contributed by atoms with Gasteiger partial charge in [-0.1, -0.05) is 35.5 Å². The van der Waals surface area contributed by atoms with Crippen LogP contribution < -0.4 is 10.6 Å². The van der Waals surface area contributed by atoms with Gasteiger partial charge in [0, 0.05) is 24.3 Å². The van der Waals surface area contributed by atoms with Gasteiger partial charge in [-0.3, -0.25) is 4.79 Å². The van der Waals surface area contributed by atoms with E-state index < -0.39 is 5.91 Å². The number of rotatable bonds is 5. The van der Waals surface area contributed by atoms with E-state index in [2.05, 4.69) is 32.0 Å². The number of hydrogen-bond donors (Lipinski definition) is 2. The van der Waals surface area contributed by atoms with Crippen molar-refractivity contribution in [3.63, 3.8) is 0 Å². The molecule has 0 bridgehead atoms. The molecule has 28 heavy (non-hydrogen) atoms. The fraction of sp³-hybridized carbons (Fsp3) is 0.316. The lowest BCUT2D eigenvalue weighted by Crippen LogP contribution is -2.36. The minimum absolute atomic E-state index is 0.386. The fourth-order valence-electron chi connectivity index (χ4n) is 3.03. The predicted octanol–water partition coefficient (Wildman–Crippen LogP) is 3.08. The van der Waals surface area contributed by atoms with Crippen molar-refractivity contribution >= 4 is 46.1 Å². The molecule has 3 aromatic rings. The Kier molecular flexibility index (Phi) is 5.43. The Balaban J connectivity index is 1.61. The van der Waals surface area contributed by atoms with E-state index in [1.165, 1.54) is 11.8 Å². The number of nitrogens with one attached hydrogen (secondary N) is 1. The molecule has 1 aromatic carbocycles. The van der Waals surface area contributed by atoms with Crippen LogP contribution in [0, 0.1) is 0 Å². The number of carbonyl (C=O) groups excluding carboxylic acids is 1. The largest absolute Gasteiger partial charge is 0.378 e. The Morgan fingerprint density at radius 1 is 1.29 bits per heavy atom. The number of anilines is 1. The molecule has 146 valence electrons. The summed E-state index contributed by atoms with van der Waals surface area (Å²) in [5.41, 5.74) is 9.34. The van der Waals surface area contributed by atoms with E-state index in [4.69, 9.17) is 22.1 Å². The number of thioether (sulfide) groups is 1. The summed E-state index contributed by atoms with van der Waals surface area (Å²) in [5, 5.41) is 0.739. The van der Waals surface area contributed by atoms with E-state index in [0.717, 1.165) is 43.1 Å². The zero-order valence-corrected chi connectivity index (χ0v) is 16.9. The molecular formula is C19H20ClN5O2S. The molecule has 0 spiro atoms. The molecule has 3 N–H and O–H groups in total. The van der Waals surface area contributed by atoms with Gasteiger partial charge < -0.3 is 20.4 Å². The Labute approximate surface area is 171 Å². The van der Waals surface area contributed by atoms with Gasteiger partial charge in [0.1, 0.15) is 0 Å². The molecule has 2 aromatic heterocycles. The molecule has 4 rings (SSSR count). The van der Waals surface area contributed by atoms with Gasteiger partial charge in [-0.2, -0.15) is 0 Å². The number of imidazole rings is 1. The second-order valence-corrected chi connectivity index (χ2v) is 8.28. The molecule has 0 saturated carbocycles. The molecule has 9 heteroatoms. The number of halogens is 1. The molecule has 0 radical (unpaired) electrons. The number of primary amides is 1. The molecular weight excluding hydrogens is 398 g/mol. The molecule has 1 unspecified atom stereocenters. The molecule has 1 aliphatic heterocycles. The Bertz CT molecular complexity index is 1000. The second kappa shape index (κ2) is 7.98. The Morgan fingerprint density at radius 3 is 2.68 bits per heavy atom. The molecule has 0 aliphatic carbocycles. The number of ether oxygens (including phenoxy) is 1. The maximum Gasteiger partial charge on any atom is 0.230 e. The third kappa shape index (κ3) is 3.94. The van der Waals surface area contributed by atoms with Crippen LogP contribution in [0.3, 0.4) is 0 Å². The van der Waals surface area contributed by atoms with Gasteiger partial charge in [0.2, 0.25) is 5.91 Å². The predicted molar refractivity (Wildman–Crippen MR) is 112 cm³/mol. The number of carbonyl (C=O) groups is 1. The van der Waals surface area contributed by atoms with E-state index in [-0.39, 0.29) is 5.25 Å². The van der Waals surface area contributed by atoms with Crippen molar-refractivity contribution in [3.8, 4) is 11.3 Å². The highest BCUT2D eigenvalue weighted by Crippen LogP contribution is 2.31. The number of amides is 1. The van der Waals surface area contributed by atoms with E-state index in [1.54, 1.807) is 13.0 Å². The molecule has 1 amide bonds. The molecule has 3 heterocycles. The first-order chi connectivity index (χ1) is 13.5. The van der Waals surface area contributed by atoms with Crippen LogP contribution in [0.1, 0.15) is 6.92 Å². The van der Waals surface area contributed by atoms with Crippen molar-refractivity contribution in [2.75, 3.05) is 31.2 Å². The summed E-state index contributed by atoms with van der Waals surface area (Å²) in [4.78, 5) is 25.8. The zero-order chi connectivity index (χ0) is 19.7. The number of benzene rings is 1. The summed E-state index contributed by atoms with van der Waals surface area (Å²) in [6, 6.07) is 9.98. The summed E-state index contributed by atoms with van der Waals surface area (Å²) in [5.74, 6) is -0.391. The molecule has 1 atom stereocenters. The minimum Gasteiger partial charge on any atom is -0.378 e. The lowest BCUT2D eigenvalue weighted by molar-refractivity contribution is -0.117. The number of nitrogens with zero attached hydrogens (tertiary/aromatic N) is 3.